The fourth-order valence-electron chi connectivity index (χ4n) is 3.01. The largest absolute Gasteiger partial charge is 0.377 e. The van der Waals surface area contributed by atoms with Crippen LogP contribution in [-0.4, -0.2) is 104 Å². The van der Waals surface area contributed by atoms with Gasteiger partial charge >= 0.3 is 0 Å². The number of carbonyl (C=O) groups excluding carboxylic acids is 1. The normalized spacial score (nSPS) is 19.9. The van der Waals surface area contributed by atoms with E-state index in [1.54, 1.807) is 17.0 Å². The summed E-state index contributed by atoms with van der Waals surface area (Å²) in [5.41, 5.74) is 0.950. The molecule has 0 spiro atoms. The SMILES string of the molecule is Cc1ccc(S(=O)(=O)N[C@H](C)C(=O)N2CCOCCOCCOCCOCCOCC2)cc1. The lowest BCUT2D eigenvalue weighted by Crippen LogP contribution is -2.48. The zero-order valence-corrected chi connectivity index (χ0v) is 20.3. The van der Waals surface area contributed by atoms with Gasteiger partial charge in [0.05, 0.1) is 77.0 Å². The fourth-order valence-corrected chi connectivity index (χ4v) is 4.20. The molecule has 1 fully saturated rings. The van der Waals surface area contributed by atoms with Crippen LogP contribution in [0.3, 0.4) is 0 Å². The molecule has 1 atom stereocenters. The highest BCUT2D eigenvalue weighted by molar-refractivity contribution is 7.89. The molecule has 0 bridgehead atoms. The maximum Gasteiger partial charge on any atom is 0.241 e. The first-order chi connectivity index (χ1) is 15.9. The van der Waals surface area contributed by atoms with Crippen LogP contribution in [0.5, 0.6) is 0 Å². The van der Waals surface area contributed by atoms with Gasteiger partial charge in [-0.15, -0.1) is 0 Å². The van der Waals surface area contributed by atoms with Crippen LogP contribution in [0.1, 0.15) is 12.5 Å². The van der Waals surface area contributed by atoms with Crippen molar-refractivity contribution < 1.29 is 36.9 Å². The summed E-state index contributed by atoms with van der Waals surface area (Å²) in [6, 6.07) is 5.52. The van der Waals surface area contributed by atoms with Gasteiger partial charge in [0.25, 0.3) is 0 Å². The van der Waals surface area contributed by atoms with Gasteiger partial charge in [0, 0.05) is 13.1 Å². The number of ether oxygens (including phenoxy) is 5. The van der Waals surface area contributed by atoms with Crippen LogP contribution in [-0.2, 0) is 38.5 Å². The summed E-state index contributed by atoms with van der Waals surface area (Å²) in [5, 5.41) is 0. The van der Waals surface area contributed by atoms with Crippen molar-refractivity contribution in [1.29, 1.82) is 0 Å². The van der Waals surface area contributed by atoms with E-state index in [0.29, 0.717) is 79.2 Å². The molecule has 1 heterocycles. The molecule has 1 N–H and O–H groups in total. The predicted molar refractivity (Wildman–Crippen MR) is 122 cm³/mol. The molecule has 0 saturated carbocycles. The number of sulfonamides is 1. The highest BCUT2D eigenvalue weighted by atomic mass is 32.2. The summed E-state index contributed by atoms with van der Waals surface area (Å²) in [7, 11) is -3.83. The van der Waals surface area contributed by atoms with Crippen LogP contribution in [0, 0.1) is 6.92 Å². The first-order valence-corrected chi connectivity index (χ1v) is 12.6. The maximum absolute atomic E-state index is 13.0. The Kier molecular flexibility index (Phi) is 12.8. The lowest BCUT2D eigenvalue weighted by atomic mass is 10.2. The van der Waals surface area contributed by atoms with Gasteiger partial charge in [0.15, 0.2) is 0 Å². The minimum absolute atomic E-state index is 0.115. The number of benzene rings is 1. The van der Waals surface area contributed by atoms with E-state index in [9.17, 15) is 13.2 Å². The number of rotatable bonds is 4. The Bertz CT molecular complexity index is 770. The van der Waals surface area contributed by atoms with Gasteiger partial charge < -0.3 is 28.6 Å². The summed E-state index contributed by atoms with van der Waals surface area (Å²) in [6.45, 7) is 8.13. The molecule has 1 aliphatic heterocycles. The maximum atomic E-state index is 13.0. The standard InChI is InChI=1S/C22H36N2O8S/c1-19-3-5-21(6-4-19)33(26,27)23-20(2)22(25)24-7-9-28-11-13-30-15-17-32-18-16-31-14-12-29-10-8-24/h3-6,20,23H,7-18H2,1-2H3/t20-/m1/s1. The molecule has 1 amide bonds. The summed E-state index contributed by atoms with van der Waals surface area (Å²) >= 11 is 0. The summed E-state index contributed by atoms with van der Waals surface area (Å²) in [6.07, 6.45) is 0. The van der Waals surface area contributed by atoms with Crippen molar-refractivity contribution in [2.45, 2.75) is 24.8 Å². The average molecular weight is 489 g/mol. The second-order valence-corrected chi connectivity index (χ2v) is 9.26. The van der Waals surface area contributed by atoms with Gasteiger partial charge in [0.1, 0.15) is 0 Å². The number of hydrogen-bond donors (Lipinski definition) is 1. The minimum Gasteiger partial charge on any atom is -0.377 e. The zero-order chi connectivity index (χ0) is 23.9. The lowest BCUT2D eigenvalue weighted by Gasteiger charge is -2.26. The van der Waals surface area contributed by atoms with Gasteiger partial charge in [-0.25, -0.2) is 8.42 Å². The van der Waals surface area contributed by atoms with Crippen LogP contribution in [0.4, 0.5) is 0 Å². The van der Waals surface area contributed by atoms with Gasteiger partial charge in [-0.05, 0) is 26.0 Å². The van der Waals surface area contributed by atoms with Gasteiger partial charge in [0.2, 0.25) is 15.9 Å². The fraction of sp³-hybridized carbons (Fsp3) is 0.682. The van der Waals surface area contributed by atoms with Crippen LogP contribution in [0.25, 0.3) is 0 Å². The van der Waals surface area contributed by atoms with Gasteiger partial charge in [-0.3, -0.25) is 4.79 Å². The third-order valence-corrected chi connectivity index (χ3v) is 6.40. The quantitative estimate of drug-likeness (QED) is 0.655. The van der Waals surface area contributed by atoms with Crippen LogP contribution >= 0.6 is 0 Å². The molecule has 1 aromatic rings. The number of nitrogens with one attached hydrogen (secondary N) is 1. The topological polar surface area (TPSA) is 113 Å². The molecule has 0 radical (unpaired) electrons. The van der Waals surface area contributed by atoms with Crippen molar-refractivity contribution in [2.75, 3.05) is 79.2 Å². The molecule has 0 aliphatic carbocycles. The summed E-state index contributed by atoms with van der Waals surface area (Å²) in [4.78, 5) is 14.7. The number of nitrogens with zero attached hydrogens (tertiary/aromatic N) is 1. The molecule has 2 rings (SSSR count). The first kappa shape index (κ1) is 27.6. The van der Waals surface area contributed by atoms with E-state index in [2.05, 4.69) is 4.72 Å². The van der Waals surface area contributed by atoms with E-state index in [1.165, 1.54) is 19.1 Å². The average Bonchev–Trinajstić information content (AvgIpc) is 2.78. The molecule has 0 unspecified atom stereocenters. The number of aryl methyl sites for hydroxylation is 1. The Balaban J connectivity index is 1.92. The second kappa shape index (κ2) is 15.3. The summed E-state index contributed by atoms with van der Waals surface area (Å²) < 4.78 is 55.2. The van der Waals surface area contributed by atoms with E-state index < -0.39 is 16.1 Å². The van der Waals surface area contributed by atoms with Gasteiger partial charge in [-0.2, -0.15) is 4.72 Å². The first-order valence-electron chi connectivity index (χ1n) is 11.2. The molecule has 0 aromatic heterocycles. The Morgan fingerprint density at radius 3 is 1.61 bits per heavy atom. The predicted octanol–water partition coefficient (Wildman–Crippen LogP) is 0.587. The Hall–Kier alpha value is -1.60. The monoisotopic (exact) mass is 488 g/mol. The smallest absolute Gasteiger partial charge is 0.241 e. The molecule has 1 saturated heterocycles. The third-order valence-electron chi connectivity index (χ3n) is 4.84. The minimum atomic E-state index is -3.83. The van der Waals surface area contributed by atoms with Crippen molar-refractivity contribution >= 4 is 15.9 Å². The third kappa shape index (κ3) is 10.9. The zero-order valence-electron chi connectivity index (χ0n) is 19.5. The van der Waals surface area contributed by atoms with E-state index in [1.807, 2.05) is 6.92 Å². The molecule has 1 aliphatic rings. The Morgan fingerprint density at radius 1 is 0.788 bits per heavy atom. The van der Waals surface area contributed by atoms with Crippen molar-refractivity contribution in [3.63, 3.8) is 0 Å². The van der Waals surface area contributed by atoms with E-state index >= 15 is 0 Å². The van der Waals surface area contributed by atoms with Crippen molar-refractivity contribution in [1.82, 2.24) is 9.62 Å². The molecule has 33 heavy (non-hydrogen) atoms. The molecular weight excluding hydrogens is 452 g/mol. The van der Waals surface area contributed by atoms with Crippen molar-refractivity contribution in [3.05, 3.63) is 29.8 Å². The van der Waals surface area contributed by atoms with E-state index in [-0.39, 0.29) is 10.8 Å². The molecule has 11 heteroatoms. The molecule has 188 valence electrons. The van der Waals surface area contributed by atoms with Gasteiger partial charge in [-0.1, -0.05) is 17.7 Å². The van der Waals surface area contributed by atoms with Crippen molar-refractivity contribution in [3.8, 4) is 0 Å². The summed E-state index contributed by atoms with van der Waals surface area (Å²) in [5.74, 6) is -0.350. The van der Waals surface area contributed by atoms with Crippen LogP contribution in [0.2, 0.25) is 0 Å². The van der Waals surface area contributed by atoms with Crippen LogP contribution < -0.4 is 4.72 Å². The molecule has 10 nitrogen and oxygen atoms in total. The van der Waals surface area contributed by atoms with E-state index in [4.69, 9.17) is 23.7 Å². The Morgan fingerprint density at radius 2 is 1.18 bits per heavy atom. The number of hydrogen-bond acceptors (Lipinski definition) is 8. The van der Waals surface area contributed by atoms with Crippen molar-refractivity contribution in [2.24, 2.45) is 0 Å². The Labute approximate surface area is 196 Å². The lowest BCUT2D eigenvalue weighted by molar-refractivity contribution is -0.134. The molecular formula is C22H36N2O8S. The number of carbonyl (C=O) groups is 1. The number of amides is 1. The second-order valence-electron chi connectivity index (χ2n) is 7.54. The van der Waals surface area contributed by atoms with Crippen LogP contribution in [0.15, 0.2) is 29.2 Å². The molecule has 1 aromatic carbocycles. The highest BCUT2D eigenvalue weighted by Gasteiger charge is 2.25. The highest BCUT2D eigenvalue weighted by Crippen LogP contribution is 2.11. The van der Waals surface area contributed by atoms with E-state index in [0.717, 1.165) is 5.56 Å².